The van der Waals surface area contributed by atoms with E-state index in [1.807, 2.05) is 26.1 Å². The Kier molecular flexibility index (Phi) is 13.6. The number of halogens is 1. The first-order chi connectivity index (χ1) is 33.8. The fourth-order valence-corrected chi connectivity index (χ4v) is 9.89. The number of ether oxygens (including phenoxy) is 2. The van der Waals surface area contributed by atoms with E-state index in [2.05, 4.69) is 200 Å². The van der Waals surface area contributed by atoms with E-state index in [9.17, 15) is 4.39 Å². The molecule has 0 amide bonds. The second-order valence-corrected chi connectivity index (χ2v) is 21.9. The molecule has 365 valence electrons. The number of pyridine rings is 1. The molecule has 0 saturated carbocycles. The fourth-order valence-electron chi connectivity index (χ4n) is 9.89. The zero-order valence-corrected chi connectivity index (χ0v) is 45.8. The molecule has 0 fully saturated rings. The van der Waals surface area contributed by atoms with Crippen LogP contribution in [0.3, 0.4) is 0 Å². The first-order valence-electron chi connectivity index (χ1n) is 24.9. The molecule has 0 bridgehead atoms. The Morgan fingerprint density at radius 2 is 1.18 bits per heavy atom. The van der Waals surface area contributed by atoms with Gasteiger partial charge in [0.2, 0.25) is 0 Å². The average molecular weight is 1130 g/mol. The summed E-state index contributed by atoms with van der Waals surface area (Å²) >= 11 is 0. The first-order valence-corrected chi connectivity index (χ1v) is 24.9. The molecule has 0 aliphatic carbocycles. The second-order valence-electron chi connectivity index (χ2n) is 21.9. The Bertz CT molecular complexity index is 3380. The molecule has 0 atom stereocenters. The van der Waals surface area contributed by atoms with Gasteiger partial charge in [0.25, 0.3) is 6.71 Å². The van der Waals surface area contributed by atoms with Gasteiger partial charge >= 0.3 is 0 Å². The van der Waals surface area contributed by atoms with Crippen LogP contribution in [0.1, 0.15) is 114 Å². The van der Waals surface area contributed by atoms with E-state index in [0.29, 0.717) is 11.8 Å². The van der Waals surface area contributed by atoms with Crippen LogP contribution in [0.4, 0.5) is 4.39 Å². The van der Waals surface area contributed by atoms with Crippen molar-refractivity contribution in [2.75, 3.05) is 0 Å². The minimum absolute atomic E-state index is 0. The molecule has 4 heterocycles. The van der Waals surface area contributed by atoms with Gasteiger partial charge in [-0.05, 0) is 117 Å². The van der Waals surface area contributed by atoms with Crippen molar-refractivity contribution >= 4 is 34.1 Å². The summed E-state index contributed by atoms with van der Waals surface area (Å²) in [5.41, 5.74) is 18.9. The summed E-state index contributed by atoms with van der Waals surface area (Å²) in [5.74, 6) is 4.77. The number of nitrogens with zero attached hydrogens (tertiary/aromatic N) is 3. The van der Waals surface area contributed by atoms with Gasteiger partial charge in [0.15, 0.2) is 0 Å². The van der Waals surface area contributed by atoms with E-state index in [1.54, 1.807) is 6.07 Å². The monoisotopic (exact) mass is 1130 g/mol. The predicted molar refractivity (Wildman–Crippen MR) is 292 cm³/mol. The Labute approximate surface area is 439 Å². The zero-order valence-electron chi connectivity index (χ0n) is 43.4. The Morgan fingerprint density at radius 3 is 1.71 bits per heavy atom. The van der Waals surface area contributed by atoms with Gasteiger partial charge in [-0.2, -0.15) is 0 Å². The summed E-state index contributed by atoms with van der Waals surface area (Å²) in [5, 5.41) is 0. The van der Waals surface area contributed by atoms with Crippen LogP contribution in [-0.2, 0) is 30.9 Å². The second kappa shape index (κ2) is 19.4. The minimum Gasteiger partial charge on any atom is -0.458 e. The molecule has 0 N–H and O–H groups in total. The van der Waals surface area contributed by atoms with E-state index in [1.165, 1.54) is 56.6 Å². The normalized spacial score (nSPS) is 12.6. The van der Waals surface area contributed by atoms with E-state index in [4.69, 9.17) is 14.5 Å². The Balaban J connectivity index is 0.000000342. The summed E-state index contributed by atoms with van der Waals surface area (Å²) in [6.45, 7) is 26.7. The van der Waals surface area contributed by atoms with Crippen LogP contribution in [0, 0.1) is 31.8 Å². The Morgan fingerprint density at radius 1 is 0.597 bits per heavy atom. The Hall–Kier alpha value is -6.60. The molecule has 7 aromatic carbocycles. The number of fused-ring (bicyclic) bond motifs is 5. The topological polar surface area (TPSA) is 49.2 Å². The molecule has 0 spiro atoms. The van der Waals surface area contributed by atoms with Crippen molar-refractivity contribution in [2.45, 2.75) is 106 Å². The van der Waals surface area contributed by atoms with Gasteiger partial charge < -0.3 is 19.0 Å². The number of aromatic nitrogens is 3. The number of hydrogen-bond donors (Lipinski definition) is 0. The third-order valence-corrected chi connectivity index (χ3v) is 14.1. The molecular formula is C64H61BFIrN3O2-2. The van der Waals surface area contributed by atoms with Gasteiger partial charge in [-0.15, -0.1) is 59.7 Å². The van der Waals surface area contributed by atoms with E-state index in [-0.39, 0.29) is 43.5 Å². The molecule has 2 aliphatic heterocycles. The molecule has 0 unspecified atom stereocenters. The summed E-state index contributed by atoms with van der Waals surface area (Å²) in [7, 11) is 0. The molecule has 8 heteroatoms. The van der Waals surface area contributed by atoms with Crippen molar-refractivity contribution in [1.82, 2.24) is 14.5 Å². The maximum atomic E-state index is 12.7. The molecule has 5 nitrogen and oxygen atoms in total. The van der Waals surface area contributed by atoms with Gasteiger partial charge in [0, 0.05) is 43.3 Å². The van der Waals surface area contributed by atoms with Crippen LogP contribution in [-0.4, -0.2) is 21.2 Å². The number of rotatable bonds is 6. The van der Waals surface area contributed by atoms with Crippen molar-refractivity contribution in [1.29, 1.82) is 0 Å². The molecular weight excluding hydrogens is 1060 g/mol. The summed E-state index contributed by atoms with van der Waals surface area (Å²) in [6, 6.07) is 52.3. The number of benzene rings is 7. The van der Waals surface area contributed by atoms with Crippen LogP contribution in [0.5, 0.6) is 23.0 Å². The molecule has 9 aromatic rings. The molecule has 1 radical (unpaired) electrons. The number of aryl methyl sites for hydroxylation is 2. The standard InChI is InChI=1S/C51H50BN2O2.C13H11FN.Ir/c1-30(2)37-14-13-15-38(31(3)4)48(37)54-42-17-12-11-16-41(42)53-49(54)33-20-18-32(19-21-33)34-26-45-47-46(27-34)56-44-25-23-36(51(8,9)10)29-40(44)52(47)39-28-35(50(5,6)7)22-24-43(39)55-45;1-9-7-13(15-8-10(9)2)11-3-5-12(14)6-4-11;/h11-20,22-31H,1-10H3;3,5-8H,1-2H3;/q2*-1;. The van der Waals surface area contributed by atoms with Gasteiger partial charge in [-0.3, -0.25) is 9.37 Å². The fraction of sp³-hybridized carbons (Fsp3) is 0.250. The van der Waals surface area contributed by atoms with E-state index < -0.39 is 0 Å². The summed E-state index contributed by atoms with van der Waals surface area (Å²) < 4.78 is 28.7. The summed E-state index contributed by atoms with van der Waals surface area (Å²) in [6.07, 6.45) is 1.82. The van der Waals surface area contributed by atoms with Crippen LogP contribution in [0.15, 0.2) is 140 Å². The van der Waals surface area contributed by atoms with Crippen LogP contribution in [0.2, 0.25) is 0 Å². The van der Waals surface area contributed by atoms with Gasteiger partial charge in [0.1, 0.15) is 23.0 Å². The van der Waals surface area contributed by atoms with Crippen molar-refractivity contribution < 1.29 is 34.0 Å². The molecule has 2 aromatic heterocycles. The van der Waals surface area contributed by atoms with Gasteiger partial charge in [0.05, 0.1) is 16.9 Å². The maximum Gasteiger partial charge on any atom is 0.260 e. The predicted octanol–water partition coefficient (Wildman–Crippen LogP) is 15.0. The minimum atomic E-state index is -0.275. The van der Waals surface area contributed by atoms with E-state index >= 15 is 0 Å². The number of hydrogen-bond acceptors (Lipinski definition) is 4. The van der Waals surface area contributed by atoms with Crippen LogP contribution < -0.4 is 25.9 Å². The van der Waals surface area contributed by atoms with Gasteiger partial charge in [-0.1, -0.05) is 147 Å². The molecule has 2 aliphatic rings. The smallest absolute Gasteiger partial charge is 0.260 e. The van der Waals surface area contributed by atoms with Crippen molar-refractivity contribution in [3.63, 3.8) is 0 Å². The molecule has 0 saturated heterocycles. The number of imidazole rings is 1. The quantitative estimate of drug-likeness (QED) is 0.123. The van der Waals surface area contributed by atoms with Crippen molar-refractivity contribution in [3.05, 3.63) is 191 Å². The van der Waals surface area contributed by atoms with Gasteiger partial charge in [-0.25, -0.2) is 0 Å². The van der Waals surface area contributed by atoms with Crippen molar-refractivity contribution in [2.24, 2.45) is 0 Å². The van der Waals surface area contributed by atoms with Crippen LogP contribution >= 0.6 is 0 Å². The number of para-hydroxylation sites is 3. The largest absolute Gasteiger partial charge is 0.458 e. The first kappa shape index (κ1) is 50.3. The molecule has 72 heavy (non-hydrogen) atoms. The third-order valence-electron chi connectivity index (χ3n) is 14.1. The van der Waals surface area contributed by atoms with Crippen LogP contribution in [0.25, 0.3) is 50.5 Å². The summed E-state index contributed by atoms with van der Waals surface area (Å²) in [4.78, 5) is 9.53. The van der Waals surface area contributed by atoms with E-state index in [0.717, 1.165) is 78.8 Å². The average Bonchev–Trinajstić information content (AvgIpc) is 3.73. The maximum absolute atomic E-state index is 12.7. The molecule has 11 rings (SSSR count). The third kappa shape index (κ3) is 9.48. The van der Waals surface area contributed by atoms with Crippen molar-refractivity contribution in [3.8, 4) is 62.5 Å². The zero-order chi connectivity index (χ0) is 50.1. The SMILES string of the molecule is CC(C)c1cccc(C(C)C)c1-n1c(-c2[c-]cc(-c3cc4c5c(c3)Oc3ccc(C(C)(C)C)cc3B5c3cc(C(C)(C)C)ccc3O4)cc2)nc2ccccc21.Cc1cnc(-c2[c-]cc(F)cc2)cc1C.[Ir].